The Kier molecular flexibility index (Phi) is 4.58. The molecule has 0 spiro atoms. The van der Waals surface area contributed by atoms with Crippen LogP contribution in [0.4, 0.5) is 5.82 Å². The van der Waals surface area contributed by atoms with Gasteiger partial charge >= 0.3 is 0 Å². The van der Waals surface area contributed by atoms with Crippen molar-refractivity contribution >= 4 is 17.4 Å². The molecule has 1 unspecified atom stereocenters. The van der Waals surface area contributed by atoms with Crippen LogP contribution in [0.2, 0.25) is 5.02 Å². The number of aromatic nitrogens is 2. The number of nitrogens with two attached hydrogens (primary N) is 1. The molecule has 0 aromatic carbocycles. The number of H-pyrrole nitrogens is 1. The summed E-state index contributed by atoms with van der Waals surface area (Å²) >= 11 is 5.76. The molecule has 0 aliphatic rings. The molecule has 1 aromatic rings. The van der Waals surface area contributed by atoms with Gasteiger partial charge in [0.2, 0.25) is 0 Å². The minimum absolute atomic E-state index is 0.0949. The topological polar surface area (TPSA) is 83.8 Å². The molecule has 1 rings (SSSR count). The lowest BCUT2D eigenvalue weighted by Crippen LogP contribution is -2.18. The molecule has 1 atom stereocenters. The van der Waals surface area contributed by atoms with Crippen LogP contribution in [0.5, 0.6) is 0 Å². The molecule has 0 aliphatic carbocycles. The zero-order chi connectivity index (χ0) is 11.3. The van der Waals surface area contributed by atoms with Crippen molar-refractivity contribution in [3.8, 4) is 0 Å². The Morgan fingerprint density at radius 2 is 2.47 bits per heavy atom. The Labute approximate surface area is 93.0 Å². The number of hydrogen-bond acceptors (Lipinski definition) is 4. The zero-order valence-electron chi connectivity index (χ0n) is 8.59. The highest BCUT2D eigenvalue weighted by Gasteiger charge is 2.06. The van der Waals surface area contributed by atoms with E-state index in [0.29, 0.717) is 24.8 Å². The summed E-state index contributed by atoms with van der Waals surface area (Å²) in [6.45, 7) is 3.42. The third-order valence-electron chi connectivity index (χ3n) is 2.07. The van der Waals surface area contributed by atoms with Crippen molar-refractivity contribution in [2.45, 2.75) is 13.3 Å². The maximum Gasteiger partial charge on any atom is 0.271 e. The Morgan fingerprint density at radius 3 is 3.13 bits per heavy atom. The Bertz CT molecular complexity index is 365. The van der Waals surface area contributed by atoms with Gasteiger partial charge in [-0.25, -0.2) is 4.98 Å². The van der Waals surface area contributed by atoms with Gasteiger partial charge in [0.15, 0.2) is 5.82 Å². The van der Waals surface area contributed by atoms with Gasteiger partial charge in [-0.1, -0.05) is 18.5 Å². The molecule has 5 nitrogen and oxygen atoms in total. The zero-order valence-corrected chi connectivity index (χ0v) is 9.34. The van der Waals surface area contributed by atoms with Crippen LogP contribution in [0.1, 0.15) is 13.3 Å². The van der Waals surface area contributed by atoms with Crippen molar-refractivity contribution in [1.29, 1.82) is 0 Å². The van der Waals surface area contributed by atoms with Crippen LogP contribution in [-0.4, -0.2) is 23.1 Å². The highest BCUT2D eigenvalue weighted by atomic mass is 35.5. The van der Waals surface area contributed by atoms with E-state index in [0.717, 1.165) is 6.42 Å². The van der Waals surface area contributed by atoms with Crippen molar-refractivity contribution in [2.75, 3.05) is 18.4 Å². The summed E-state index contributed by atoms with van der Waals surface area (Å²) in [7, 11) is 0. The molecule has 15 heavy (non-hydrogen) atoms. The number of rotatable bonds is 5. The van der Waals surface area contributed by atoms with E-state index >= 15 is 0 Å². The van der Waals surface area contributed by atoms with Crippen molar-refractivity contribution in [3.05, 3.63) is 21.7 Å². The molecule has 0 amide bonds. The minimum Gasteiger partial charge on any atom is -0.368 e. The fourth-order valence-electron chi connectivity index (χ4n) is 1.16. The van der Waals surface area contributed by atoms with Gasteiger partial charge in [-0.05, 0) is 18.9 Å². The maximum atomic E-state index is 11.1. The molecule has 0 bridgehead atoms. The molecule has 4 N–H and O–H groups in total. The molecule has 0 aliphatic heterocycles. The van der Waals surface area contributed by atoms with E-state index in [4.69, 9.17) is 17.3 Å². The number of halogens is 1. The Morgan fingerprint density at radius 1 is 1.73 bits per heavy atom. The number of aromatic amines is 1. The largest absolute Gasteiger partial charge is 0.368 e. The SMILES string of the molecule is CC(CCN)CNc1nc[nH]c(=O)c1Cl. The predicted octanol–water partition coefficient (Wildman–Crippen LogP) is 0.820. The van der Waals surface area contributed by atoms with Gasteiger partial charge in [0.25, 0.3) is 5.56 Å². The second-order valence-electron chi connectivity index (χ2n) is 3.46. The number of hydrogen-bond donors (Lipinski definition) is 3. The summed E-state index contributed by atoms with van der Waals surface area (Å²) in [5, 5.41) is 3.11. The monoisotopic (exact) mass is 230 g/mol. The Hall–Kier alpha value is -1.07. The van der Waals surface area contributed by atoms with Crippen LogP contribution < -0.4 is 16.6 Å². The maximum absolute atomic E-state index is 11.1. The highest BCUT2D eigenvalue weighted by Crippen LogP contribution is 2.13. The van der Waals surface area contributed by atoms with E-state index in [1.54, 1.807) is 0 Å². The minimum atomic E-state index is -0.333. The average molecular weight is 231 g/mol. The number of nitrogens with zero attached hydrogens (tertiary/aromatic N) is 1. The van der Waals surface area contributed by atoms with Crippen LogP contribution >= 0.6 is 11.6 Å². The van der Waals surface area contributed by atoms with E-state index in [2.05, 4.69) is 22.2 Å². The molecule has 84 valence electrons. The molecular weight excluding hydrogens is 216 g/mol. The fourth-order valence-corrected chi connectivity index (χ4v) is 1.33. The van der Waals surface area contributed by atoms with E-state index in [1.165, 1.54) is 6.33 Å². The Balaban J connectivity index is 2.58. The fraction of sp³-hybridized carbons (Fsp3) is 0.556. The van der Waals surface area contributed by atoms with Gasteiger partial charge in [0.05, 0.1) is 6.33 Å². The third-order valence-corrected chi connectivity index (χ3v) is 2.42. The molecule has 1 heterocycles. The normalized spacial score (nSPS) is 12.5. The lowest BCUT2D eigenvalue weighted by molar-refractivity contribution is 0.567. The molecular formula is C9H15ClN4O. The predicted molar refractivity (Wildman–Crippen MR) is 61.2 cm³/mol. The van der Waals surface area contributed by atoms with Crippen LogP contribution in [-0.2, 0) is 0 Å². The van der Waals surface area contributed by atoms with Crippen molar-refractivity contribution < 1.29 is 0 Å². The smallest absolute Gasteiger partial charge is 0.271 e. The van der Waals surface area contributed by atoms with E-state index < -0.39 is 0 Å². The van der Waals surface area contributed by atoms with E-state index in [-0.39, 0.29) is 10.6 Å². The summed E-state index contributed by atoms with van der Waals surface area (Å²) in [4.78, 5) is 17.5. The van der Waals surface area contributed by atoms with Crippen LogP contribution in [0.15, 0.2) is 11.1 Å². The second kappa shape index (κ2) is 5.72. The van der Waals surface area contributed by atoms with Crippen molar-refractivity contribution in [1.82, 2.24) is 9.97 Å². The second-order valence-corrected chi connectivity index (χ2v) is 3.84. The first-order valence-electron chi connectivity index (χ1n) is 4.82. The summed E-state index contributed by atoms with van der Waals surface area (Å²) in [6.07, 6.45) is 2.25. The summed E-state index contributed by atoms with van der Waals surface area (Å²) in [5.41, 5.74) is 5.10. The highest BCUT2D eigenvalue weighted by molar-refractivity contribution is 6.32. The number of nitrogens with one attached hydrogen (secondary N) is 2. The van der Waals surface area contributed by atoms with Crippen molar-refractivity contribution in [3.63, 3.8) is 0 Å². The van der Waals surface area contributed by atoms with E-state index in [1.807, 2.05) is 0 Å². The van der Waals surface area contributed by atoms with Gasteiger partial charge < -0.3 is 16.0 Å². The standard InChI is InChI=1S/C9H15ClN4O/c1-6(2-3-11)4-12-8-7(10)9(15)14-5-13-8/h5-6H,2-4,11H2,1H3,(H2,12,13,14,15). The van der Waals surface area contributed by atoms with Crippen LogP contribution in [0.25, 0.3) is 0 Å². The number of anilines is 1. The van der Waals surface area contributed by atoms with Crippen LogP contribution in [0.3, 0.4) is 0 Å². The quantitative estimate of drug-likeness (QED) is 0.699. The molecule has 0 saturated carbocycles. The average Bonchev–Trinajstić information content (AvgIpc) is 2.21. The third kappa shape index (κ3) is 3.53. The summed E-state index contributed by atoms with van der Waals surface area (Å²) < 4.78 is 0. The van der Waals surface area contributed by atoms with Crippen molar-refractivity contribution in [2.24, 2.45) is 11.7 Å². The molecule has 6 heteroatoms. The molecule has 0 saturated heterocycles. The van der Waals surface area contributed by atoms with Gasteiger partial charge in [-0.15, -0.1) is 0 Å². The first-order chi connectivity index (χ1) is 7.15. The lowest BCUT2D eigenvalue weighted by atomic mass is 10.1. The first kappa shape index (κ1) is 12.0. The van der Waals surface area contributed by atoms with Gasteiger partial charge in [-0.2, -0.15) is 0 Å². The van der Waals surface area contributed by atoms with Gasteiger partial charge in [0.1, 0.15) is 5.02 Å². The van der Waals surface area contributed by atoms with Crippen LogP contribution in [0, 0.1) is 5.92 Å². The summed E-state index contributed by atoms with van der Waals surface area (Å²) in [5.74, 6) is 0.844. The molecule has 1 aromatic heterocycles. The molecule has 0 fully saturated rings. The lowest BCUT2D eigenvalue weighted by Gasteiger charge is -2.11. The van der Waals surface area contributed by atoms with Gasteiger partial charge in [0, 0.05) is 6.54 Å². The first-order valence-corrected chi connectivity index (χ1v) is 5.20. The molecule has 0 radical (unpaired) electrons. The van der Waals surface area contributed by atoms with Gasteiger partial charge in [-0.3, -0.25) is 4.79 Å². The summed E-state index contributed by atoms with van der Waals surface area (Å²) in [6, 6.07) is 0. The van der Waals surface area contributed by atoms with E-state index in [9.17, 15) is 4.79 Å².